The van der Waals surface area contributed by atoms with Crippen molar-refractivity contribution in [3.05, 3.63) is 41.1 Å². The van der Waals surface area contributed by atoms with Crippen molar-refractivity contribution in [1.29, 1.82) is 0 Å². The van der Waals surface area contributed by atoms with Crippen LogP contribution in [0.25, 0.3) is 0 Å². The first kappa shape index (κ1) is 13.2. The Hall–Kier alpha value is -2.21. The highest BCUT2D eigenvalue weighted by molar-refractivity contribution is 6.30. The second-order valence-electron chi connectivity index (χ2n) is 3.70. The molecule has 19 heavy (non-hydrogen) atoms. The first-order valence-corrected chi connectivity index (χ1v) is 5.88. The molecule has 0 radical (unpaired) electrons. The highest BCUT2D eigenvalue weighted by atomic mass is 35.5. The van der Waals surface area contributed by atoms with Crippen LogP contribution in [0.5, 0.6) is 5.75 Å². The molecule has 0 spiro atoms. The highest BCUT2D eigenvalue weighted by Crippen LogP contribution is 2.15. The van der Waals surface area contributed by atoms with Gasteiger partial charge in [0, 0.05) is 11.1 Å². The van der Waals surface area contributed by atoms with E-state index in [1.165, 1.54) is 0 Å². The lowest BCUT2D eigenvalue weighted by Gasteiger charge is -2.07. The van der Waals surface area contributed by atoms with E-state index in [1.807, 2.05) is 0 Å². The summed E-state index contributed by atoms with van der Waals surface area (Å²) >= 11 is 5.74. The predicted octanol–water partition coefficient (Wildman–Crippen LogP) is 2.79. The third kappa shape index (κ3) is 4.18. The Morgan fingerprint density at radius 1 is 1.42 bits per heavy atom. The van der Waals surface area contributed by atoms with Crippen molar-refractivity contribution in [2.24, 2.45) is 0 Å². The number of nitrogens with one attached hydrogen (secondary N) is 2. The van der Waals surface area contributed by atoms with Crippen LogP contribution in [-0.2, 0) is 0 Å². The van der Waals surface area contributed by atoms with Gasteiger partial charge in [-0.3, -0.25) is 5.32 Å². The Bertz CT molecular complexity index is 554. The number of halogens is 1. The zero-order valence-electron chi connectivity index (χ0n) is 10.1. The first-order chi connectivity index (χ1) is 9.13. The number of ether oxygens (including phenoxy) is 1. The molecular formula is C12H12ClN3O3. The highest BCUT2D eigenvalue weighted by Gasteiger charge is 2.05. The van der Waals surface area contributed by atoms with Crippen molar-refractivity contribution in [3.8, 4) is 5.75 Å². The fourth-order valence-corrected chi connectivity index (χ4v) is 1.43. The molecule has 0 atom stereocenters. The predicted molar refractivity (Wildman–Crippen MR) is 70.3 cm³/mol. The van der Waals surface area contributed by atoms with E-state index in [0.717, 1.165) is 0 Å². The molecule has 2 N–H and O–H groups in total. The van der Waals surface area contributed by atoms with Gasteiger partial charge >= 0.3 is 6.03 Å². The maximum atomic E-state index is 11.5. The van der Waals surface area contributed by atoms with E-state index in [0.29, 0.717) is 22.4 Å². The molecule has 6 nitrogen and oxygen atoms in total. The van der Waals surface area contributed by atoms with Crippen LogP contribution < -0.4 is 15.4 Å². The van der Waals surface area contributed by atoms with Crippen LogP contribution in [0.4, 0.5) is 10.6 Å². The fraction of sp³-hybridized carbons (Fsp3) is 0.167. The number of aromatic nitrogens is 1. The van der Waals surface area contributed by atoms with Gasteiger partial charge in [-0.25, -0.2) is 4.79 Å². The summed E-state index contributed by atoms with van der Waals surface area (Å²) in [6, 6.07) is 8.01. The smallest absolute Gasteiger partial charge is 0.323 e. The second kappa shape index (κ2) is 6.10. The number of carbonyl (C=O) groups excluding carboxylic acids is 1. The SMILES string of the molecule is Cc1cc(NC(=O)NCOc2ccc(Cl)cc2)no1. The van der Waals surface area contributed by atoms with Gasteiger partial charge in [0.25, 0.3) is 0 Å². The van der Waals surface area contributed by atoms with Gasteiger partial charge in [0.1, 0.15) is 11.5 Å². The molecule has 0 aliphatic heterocycles. The lowest BCUT2D eigenvalue weighted by atomic mass is 10.3. The van der Waals surface area contributed by atoms with Crippen LogP contribution in [0.1, 0.15) is 5.76 Å². The first-order valence-electron chi connectivity index (χ1n) is 5.50. The molecule has 0 aliphatic rings. The molecule has 0 saturated carbocycles. The summed E-state index contributed by atoms with van der Waals surface area (Å²) in [5.74, 6) is 1.58. The Labute approximate surface area is 114 Å². The Morgan fingerprint density at radius 2 is 2.16 bits per heavy atom. The van der Waals surface area contributed by atoms with E-state index in [2.05, 4.69) is 15.8 Å². The number of hydrogen-bond donors (Lipinski definition) is 2. The Kier molecular flexibility index (Phi) is 4.25. The lowest BCUT2D eigenvalue weighted by molar-refractivity contribution is 0.234. The van der Waals surface area contributed by atoms with Crippen LogP contribution >= 0.6 is 11.6 Å². The van der Waals surface area contributed by atoms with Crippen molar-refractivity contribution in [2.75, 3.05) is 12.0 Å². The Morgan fingerprint density at radius 3 is 2.79 bits per heavy atom. The van der Waals surface area contributed by atoms with Gasteiger partial charge in [0.05, 0.1) is 0 Å². The van der Waals surface area contributed by atoms with Crippen LogP contribution in [-0.4, -0.2) is 17.9 Å². The quantitative estimate of drug-likeness (QED) is 0.845. The minimum absolute atomic E-state index is 0.0320. The number of urea groups is 1. The van der Waals surface area contributed by atoms with Gasteiger partial charge in [-0.15, -0.1) is 0 Å². The van der Waals surface area contributed by atoms with E-state index in [1.54, 1.807) is 37.3 Å². The monoisotopic (exact) mass is 281 g/mol. The van der Waals surface area contributed by atoms with Crippen LogP contribution in [0.3, 0.4) is 0 Å². The molecule has 7 heteroatoms. The van der Waals surface area contributed by atoms with Crippen LogP contribution in [0, 0.1) is 6.92 Å². The fourth-order valence-electron chi connectivity index (χ4n) is 1.30. The standard InChI is InChI=1S/C12H12ClN3O3/c1-8-6-11(16-19-8)15-12(17)14-7-18-10-4-2-9(13)3-5-10/h2-6H,7H2,1H3,(H2,14,15,16,17). The molecule has 0 bridgehead atoms. The molecule has 100 valence electrons. The summed E-state index contributed by atoms with van der Waals surface area (Å²) in [5, 5.41) is 9.27. The van der Waals surface area contributed by atoms with Crippen molar-refractivity contribution in [1.82, 2.24) is 10.5 Å². The van der Waals surface area contributed by atoms with Crippen molar-refractivity contribution >= 4 is 23.4 Å². The number of aryl methyl sites for hydroxylation is 1. The third-order valence-electron chi connectivity index (χ3n) is 2.15. The maximum absolute atomic E-state index is 11.5. The minimum atomic E-state index is -0.428. The topological polar surface area (TPSA) is 76.4 Å². The van der Waals surface area contributed by atoms with Gasteiger partial charge < -0.3 is 14.6 Å². The summed E-state index contributed by atoms with van der Waals surface area (Å²) < 4.78 is 10.1. The molecule has 1 aromatic heterocycles. The van der Waals surface area contributed by atoms with Crippen LogP contribution in [0.2, 0.25) is 5.02 Å². The van der Waals surface area contributed by atoms with Crippen molar-refractivity contribution in [2.45, 2.75) is 6.92 Å². The molecule has 2 amide bonds. The summed E-state index contributed by atoms with van der Waals surface area (Å²) in [4.78, 5) is 11.5. The zero-order valence-corrected chi connectivity index (χ0v) is 10.9. The number of nitrogens with zero attached hydrogens (tertiary/aromatic N) is 1. The van der Waals surface area contributed by atoms with Gasteiger partial charge in [-0.05, 0) is 31.2 Å². The van der Waals surface area contributed by atoms with Crippen molar-refractivity contribution < 1.29 is 14.1 Å². The molecule has 0 aliphatic carbocycles. The Balaban J connectivity index is 1.73. The number of amides is 2. The molecular weight excluding hydrogens is 270 g/mol. The van der Waals surface area contributed by atoms with E-state index in [4.69, 9.17) is 20.9 Å². The molecule has 1 aromatic carbocycles. The number of hydrogen-bond acceptors (Lipinski definition) is 4. The van der Waals surface area contributed by atoms with E-state index in [-0.39, 0.29) is 6.73 Å². The summed E-state index contributed by atoms with van der Waals surface area (Å²) in [7, 11) is 0. The van der Waals surface area contributed by atoms with Gasteiger partial charge in [0.2, 0.25) is 0 Å². The normalized spacial score (nSPS) is 10.0. The van der Waals surface area contributed by atoms with E-state index in [9.17, 15) is 4.79 Å². The minimum Gasteiger partial charge on any atom is -0.473 e. The van der Waals surface area contributed by atoms with E-state index >= 15 is 0 Å². The number of carbonyl (C=O) groups is 1. The molecule has 0 fully saturated rings. The van der Waals surface area contributed by atoms with Gasteiger partial charge in [0.15, 0.2) is 12.5 Å². The lowest BCUT2D eigenvalue weighted by Crippen LogP contribution is -2.32. The largest absolute Gasteiger partial charge is 0.473 e. The van der Waals surface area contributed by atoms with Crippen molar-refractivity contribution in [3.63, 3.8) is 0 Å². The maximum Gasteiger partial charge on any atom is 0.323 e. The summed E-state index contributed by atoms with van der Waals surface area (Å²) in [5.41, 5.74) is 0. The van der Waals surface area contributed by atoms with Crippen LogP contribution in [0.15, 0.2) is 34.9 Å². The molecule has 0 unspecified atom stereocenters. The van der Waals surface area contributed by atoms with E-state index < -0.39 is 6.03 Å². The average Bonchev–Trinajstić information content (AvgIpc) is 2.77. The number of rotatable bonds is 4. The molecule has 1 heterocycles. The van der Waals surface area contributed by atoms with Gasteiger partial charge in [-0.1, -0.05) is 16.8 Å². The second-order valence-corrected chi connectivity index (χ2v) is 4.13. The molecule has 0 saturated heterocycles. The summed E-state index contributed by atoms with van der Waals surface area (Å²) in [6.07, 6.45) is 0. The number of anilines is 1. The third-order valence-corrected chi connectivity index (χ3v) is 2.41. The number of benzene rings is 1. The van der Waals surface area contributed by atoms with Gasteiger partial charge in [-0.2, -0.15) is 0 Å². The molecule has 2 aromatic rings. The summed E-state index contributed by atoms with van der Waals surface area (Å²) in [6.45, 7) is 1.77. The average molecular weight is 282 g/mol. The zero-order chi connectivity index (χ0) is 13.7. The molecule has 2 rings (SSSR count).